The smallest absolute Gasteiger partial charge is 0.243 e. The van der Waals surface area contributed by atoms with Gasteiger partial charge in [0, 0.05) is 12.6 Å². The van der Waals surface area contributed by atoms with Crippen molar-refractivity contribution in [2.45, 2.75) is 19.5 Å². The third-order valence-electron chi connectivity index (χ3n) is 4.09. The summed E-state index contributed by atoms with van der Waals surface area (Å²) in [6.07, 6.45) is 1.02. The first-order valence-electron chi connectivity index (χ1n) is 8.41. The predicted molar refractivity (Wildman–Crippen MR) is 105 cm³/mol. The molecular formula is C19H23FN2O5S. The van der Waals surface area contributed by atoms with E-state index < -0.39 is 22.0 Å². The number of amides is 1. The Balaban J connectivity index is 2.25. The molecule has 0 aliphatic heterocycles. The Kier molecular flexibility index (Phi) is 6.85. The Labute approximate surface area is 164 Å². The largest absolute Gasteiger partial charge is 0.493 e. The van der Waals surface area contributed by atoms with Gasteiger partial charge >= 0.3 is 0 Å². The molecule has 1 N–H and O–H groups in total. The monoisotopic (exact) mass is 410 g/mol. The molecule has 1 amide bonds. The molecule has 2 aromatic rings. The van der Waals surface area contributed by atoms with Gasteiger partial charge in [-0.15, -0.1) is 0 Å². The number of nitrogens with zero attached hydrogens (tertiary/aromatic N) is 1. The van der Waals surface area contributed by atoms with Gasteiger partial charge in [-0.25, -0.2) is 12.8 Å². The second-order valence-corrected chi connectivity index (χ2v) is 7.98. The van der Waals surface area contributed by atoms with Crippen LogP contribution >= 0.6 is 0 Å². The van der Waals surface area contributed by atoms with Crippen molar-refractivity contribution in [3.8, 4) is 11.5 Å². The predicted octanol–water partition coefficient (Wildman–Crippen LogP) is 2.31. The molecular weight excluding hydrogens is 387 g/mol. The van der Waals surface area contributed by atoms with E-state index in [-0.39, 0.29) is 18.0 Å². The van der Waals surface area contributed by atoms with Gasteiger partial charge in [-0.05, 0) is 36.8 Å². The molecule has 2 aromatic carbocycles. The molecule has 2 rings (SSSR count). The molecule has 1 unspecified atom stereocenters. The minimum Gasteiger partial charge on any atom is -0.493 e. The summed E-state index contributed by atoms with van der Waals surface area (Å²) in [5.74, 6) is -0.0923. The maximum atomic E-state index is 13.0. The Bertz CT molecular complexity index is 932. The first-order valence-corrected chi connectivity index (χ1v) is 10.3. The molecule has 0 spiro atoms. The van der Waals surface area contributed by atoms with E-state index in [9.17, 15) is 17.6 Å². The number of halogens is 1. The number of anilines is 1. The molecule has 0 fully saturated rings. The number of carbonyl (C=O) groups is 1. The molecule has 28 heavy (non-hydrogen) atoms. The van der Waals surface area contributed by atoms with E-state index in [4.69, 9.17) is 9.47 Å². The number of nitrogens with one attached hydrogen (secondary N) is 1. The Hall–Kier alpha value is -2.81. The normalized spacial score (nSPS) is 12.2. The van der Waals surface area contributed by atoms with E-state index >= 15 is 0 Å². The summed E-state index contributed by atoms with van der Waals surface area (Å²) in [5.41, 5.74) is 0.962. The molecule has 0 aliphatic rings. The van der Waals surface area contributed by atoms with Gasteiger partial charge in [0.05, 0.1) is 26.2 Å². The fourth-order valence-corrected chi connectivity index (χ4v) is 3.88. The number of hydrogen-bond acceptors (Lipinski definition) is 5. The van der Waals surface area contributed by atoms with Crippen LogP contribution in [0.5, 0.6) is 11.5 Å². The first-order chi connectivity index (χ1) is 13.2. The standard InChI is InChI=1S/C19H23FN2O5S/c1-13(19(23)21-12-14-5-7-15(20)8-6-14)22(28(4,24)25)16-9-10-17(26-2)18(11-16)27-3/h5-11,13H,12H2,1-4H3,(H,21,23). The summed E-state index contributed by atoms with van der Waals surface area (Å²) in [4.78, 5) is 12.6. The molecule has 0 aromatic heterocycles. The Morgan fingerprint density at radius 1 is 1.11 bits per heavy atom. The van der Waals surface area contributed by atoms with Crippen LogP contribution in [0.4, 0.5) is 10.1 Å². The van der Waals surface area contributed by atoms with Crippen LogP contribution in [0.3, 0.4) is 0 Å². The van der Waals surface area contributed by atoms with Gasteiger partial charge in [0.1, 0.15) is 11.9 Å². The summed E-state index contributed by atoms with van der Waals surface area (Å²) in [5, 5.41) is 2.67. The minimum absolute atomic E-state index is 0.146. The number of carbonyl (C=O) groups excluding carboxylic acids is 1. The van der Waals surface area contributed by atoms with Gasteiger partial charge in [0.2, 0.25) is 15.9 Å². The Morgan fingerprint density at radius 3 is 2.25 bits per heavy atom. The molecule has 0 bridgehead atoms. The number of rotatable bonds is 8. The van der Waals surface area contributed by atoms with Crippen LogP contribution in [0.25, 0.3) is 0 Å². The van der Waals surface area contributed by atoms with Crippen molar-refractivity contribution in [2.75, 3.05) is 24.8 Å². The van der Waals surface area contributed by atoms with Crippen molar-refractivity contribution in [1.29, 1.82) is 0 Å². The van der Waals surface area contributed by atoms with E-state index in [1.54, 1.807) is 18.2 Å². The Morgan fingerprint density at radius 2 is 1.71 bits per heavy atom. The maximum absolute atomic E-state index is 13.0. The van der Waals surface area contributed by atoms with Crippen molar-refractivity contribution in [1.82, 2.24) is 5.32 Å². The van der Waals surface area contributed by atoms with E-state index in [0.717, 1.165) is 10.6 Å². The molecule has 0 saturated carbocycles. The molecule has 0 radical (unpaired) electrons. The number of ether oxygens (including phenoxy) is 2. The van der Waals surface area contributed by atoms with E-state index in [1.807, 2.05) is 0 Å². The van der Waals surface area contributed by atoms with Crippen LogP contribution in [0.1, 0.15) is 12.5 Å². The summed E-state index contributed by atoms with van der Waals surface area (Å²) in [7, 11) is -0.863. The lowest BCUT2D eigenvalue weighted by Crippen LogP contribution is -2.47. The molecule has 152 valence electrons. The van der Waals surface area contributed by atoms with Crippen LogP contribution in [-0.4, -0.2) is 40.8 Å². The summed E-state index contributed by atoms with van der Waals surface area (Å²) in [6.45, 7) is 1.63. The number of sulfonamides is 1. The van der Waals surface area contributed by atoms with Crippen molar-refractivity contribution >= 4 is 21.6 Å². The highest BCUT2D eigenvalue weighted by molar-refractivity contribution is 7.92. The molecule has 0 saturated heterocycles. The average Bonchev–Trinajstić information content (AvgIpc) is 2.66. The number of methoxy groups -OCH3 is 2. The average molecular weight is 410 g/mol. The number of benzene rings is 2. The SMILES string of the molecule is COc1ccc(N(C(C)C(=O)NCc2ccc(F)cc2)S(C)(=O)=O)cc1OC. The fraction of sp³-hybridized carbons (Fsp3) is 0.316. The van der Waals surface area contributed by atoms with Crippen LogP contribution in [0, 0.1) is 5.82 Å². The number of hydrogen-bond donors (Lipinski definition) is 1. The summed E-state index contributed by atoms with van der Waals surface area (Å²) >= 11 is 0. The third kappa shape index (κ3) is 5.13. The summed E-state index contributed by atoms with van der Waals surface area (Å²) in [6, 6.07) is 9.24. The lowest BCUT2D eigenvalue weighted by atomic mass is 10.2. The van der Waals surface area contributed by atoms with Crippen molar-refractivity contribution in [3.05, 3.63) is 53.8 Å². The van der Waals surface area contributed by atoms with E-state index in [2.05, 4.69) is 5.32 Å². The zero-order chi connectivity index (χ0) is 20.9. The quantitative estimate of drug-likeness (QED) is 0.722. The van der Waals surface area contributed by atoms with Crippen LogP contribution in [0.15, 0.2) is 42.5 Å². The first kappa shape index (κ1) is 21.5. The van der Waals surface area contributed by atoms with Gasteiger partial charge in [-0.2, -0.15) is 0 Å². The van der Waals surface area contributed by atoms with Gasteiger partial charge in [0.15, 0.2) is 11.5 Å². The molecule has 0 heterocycles. The molecule has 0 aliphatic carbocycles. The second-order valence-electron chi connectivity index (χ2n) is 6.12. The highest BCUT2D eigenvalue weighted by atomic mass is 32.2. The van der Waals surface area contributed by atoms with E-state index in [1.165, 1.54) is 45.4 Å². The van der Waals surface area contributed by atoms with Crippen LogP contribution in [-0.2, 0) is 21.4 Å². The van der Waals surface area contributed by atoms with Crippen molar-refractivity contribution < 1.29 is 27.1 Å². The highest BCUT2D eigenvalue weighted by Gasteiger charge is 2.29. The molecule has 7 nitrogen and oxygen atoms in total. The van der Waals surface area contributed by atoms with Crippen molar-refractivity contribution in [2.24, 2.45) is 0 Å². The lowest BCUT2D eigenvalue weighted by Gasteiger charge is -2.28. The van der Waals surface area contributed by atoms with Gasteiger partial charge in [-0.1, -0.05) is 12.1 Å². The molecule has 1 atom stereocenters. The maximum Gasteiger partial charge on any atom is 0.243 e. The highest BCUT2D eigenvalue weighted by Crippen LogP contribution is 2.33. The van der Waals surface area contributed by atoms with Gasteiger partial charge in [-0.3, -0.25) is 9.10 Å². The zero-order valence-electron chi connectivity index (χ0n) is 16.1. The van der Waals surface area contributed by atoms with E-state index in [0.29, 0.717) is 17.1 Å². The second kappa shape index (κ2) is 8.92. The van der Waals surface area contributed by atoms with Crippen molar-refractivity contribution in [3.63, 3.8) is 0 Å². The topological polar surface area (TPSA) is 84.9 Å². The summed E-state index contributed by atoms with van der Waals surface area (Å²) < 4.78 is 49.1. The molecule has 9 heteroatoms. The fourth-order valence-electron chi connectivity index (χ4n) is 2.71. The third-order valence-corrected chi connectivity index (χ3v) is 5.33. The van der Waals surface area contributed by atoms with Crippen LogP contribution in [0.2, 0.25) is 0 Å². The minimum atomic E-state index is -3.77. The van der Waals surface area contributed by atoms with Crippen LogP contribution < -0.4 is 19.1 Å². The van der Waals surface area contributed by atoms with Gasteiger partial charge in [0.25, 0.3) is 0 Å². The lowest BCUT2D eigenvalue weighted by molar-refractivity contribution is -0.122. The van der Waals surface area contributed by atoms with Gasteiger partial charge < -0.3 is 14.8 Å². The zero-order valence-corrected chi connectivity index (χ0v) is 16.9.